The minimum atomic E-state index is -0.591. The van der Waals surface area contributed by atoms with Crippen molar-refractivity contribution in [1.29, 1.82) is 0 Å². The Morgan fingerprint density at radius 2 is 1.95 bits per heavy atom. The molecule has 0 saturated heterocycles. The molecule has 0 spiro atoms. The highest BCUT2D eigenvalue weighted by Crippen LogP contribution is 2.15. The smallest absolute Gasteiger partial charge is 0.254 e. The third kappa shape index (κ3) is 4.37. The molecule has 0 aliphatic carbocycles. The number of aliphatic hydroxyl groups is 1. The summed E-state index contributed by atoms with van der Waals surface area (Å²) in [6.07, 6.45) is 0.485. The van der Waals surface area contributed by atoms with Crippen LogP contribution in [-0.2, 0) is 6.42 Å². The van der Waals surface area contributed by atoms with Gasteiger partial charge in [-0.15, -0.1) is 0 Å². The van der Waals surface area contributed by atoms with Crippen LogP contribution in [0.1, 0.15) is 15.9 Å². The standard InChI is InChI=1S/C16H15BrFNO2/c17-12-6-7-15(18)14(9-12)16(21)19-13(10-20)8-11-4-2-1-3-5-11/h1-7,9,13,20H,8,10H2,(H,19,21). The van der Waals surface area contributed by atoms with Crippen LogP contribution in [0.2, 0.25) is 0 Å². The van der Waals surface area contributed by atoms with E-state index in [0.29, 0.717) is 10.9 Å². The molecule has 0 aliphatic heterocycles. The van der Waals surface area contributed by atoms with E-state index >= 15 is 0 Å². The highest BCUT2D eigenvalue weighted by molar-refractivity contribution is 9.10. The molecule has 1 unspecified atom stereocenters. The number of hydrogen-bond donors (Lipinski definition) is 2. The molecule has 0 radical (unpaired) electrons. The Kier molecular flexibility index (Phi) is 5.47. The minimum absolute atomic E-state index is 0.0455. The number of aliphatic hydroxyl groups excluding tert-OH is 1. The van der Waals surface area contributed by atoms with E-state index in [1.807, 2.05) is 30.3 Å². The van der Waals surface area contributed by atoms with Crippen molar-refractivity contribution in [2.24, 2.45) is 0 Å². The van der Waals surface area contributed by atoms with E-state index in [4.69, 9.17) is 0 Å². The van der Waals surface area contributed by atoms with E-state index in [1.54, 1.807) is 0 Å². The zero-order valence-corrected chi connectivity index (χ0v) is 12.8. The van der Waals surface area contributed by atoms with Gasteiger partial charge in [-0.25, -0.2) is 4.39 Å². The van der Waals surface area contributed by atoms with E-state index in [9.17, 15) is 14.3 Å². The first-order valence-corrected chi connectivity index (χ1v) is 7.30. The summed E-state index contributed by atoms with van der Waals surface area (Å²) in [5.41, 5.74) is 0.947. The number of hydrogen-bond acceptors (Lipinski definition) is 2. The van der Waals surface area contributed by atoms with Crippen molar-refractivity contribution in [3.63, 3.8) is 0 Å². The first-order chi connectivity index (χ1) is 10.1. The van der Waals surface area contributed by atoms with Crippen LogP contribution in [0.25, 0.3) is 0 Å². The van der Waals surface area contributed by atoms with Gasteiger partial charge in [-0.1, -0.05) is 46.3 Å². The Morgan fingerprint density at radius 3 is 2.62 bits per heavy atom. The average Bonchev–Trinajstić information content (AvgIpc) is 2.50. The van der Waals surface area contributed by atoms with Gasteiger partial charge in [-0.3, -0.25) is 4.79 Å². The summed E-state index contributed by atoms with van der Waals surface area (Å²) in [4.78, 5) is 12.1. The van der Waals surface area contributed by atoms with E-state index in [-0.39, 0.29) is 12.2 Å². The average molecular weight is 352 g/mol. The number of amides is 1. The van der Waals surface area contributed by atoms with Crippen LogP contribution in [-0.4, -0.2) is 23.7 Å². The van der Waals surface area contributed by atoms with Crippen molar-refractivity contribution in [3.05, 3.63) is 69.9 Å². The molecule has 0 saturated carbocycles. The molecule has 2 N–H and O–H groups in total. The molecule has 1 amide bonds. The summed E-state index contributed by atoms with van der Waals surface area (Å²) in [7, 11) is 0. The van der Waals surface area contributed by atoms with Crippen LogP contribution in [0.5, 0.6) is 0 Å². The van der Waals surface area contributed by atoms with E-state index in [2.05, 4.69) is 21.2 Å². The predicted molar refractivity (Wildman–Crippen MR) is 82.6 cm³/mol. The van der Waals surface area contributed by atoms with Gasteiger partial charge in [0.15, 0.2) is 0 Å². The molecular weight excluding hydrogens is 337 g/mol. The van der Waals surface area contributed by atoms with Gasteiger partial charge in [-0.2, -0.15) is 0 Å². The SMILES string of the molecule is O=C(NC(CO)Cc1ccccc1)c1cc(Br)ccc1F. The van der Waals surface area contributed by atoms with Crippen molar-refractivity contribution in [2.45, 2.75) is 12.5 Å². The van der Waals surface area contributed by atoms with Gasteiger partial charge in [0.25, 0.3) is 5.91 Å². The third-order valence-electron chi connectivity index (χ3n) is 3.05. The maximum atomic E-state index is 13.7. The molecule has 0 fully saturated rings. The molecule has 0 bridgehead atoms. The molecule has 0 heterocycles. The predicted octanol–water partition coefficient (Wildman–Crippen LogP) is 2.92. The zero-order valence-electron chi connectivity index (χ0n) is 11.2. The largest absolute Gasteiger partial charge is 0.394 e. The first kappa shape index (κ1) is 15.7. The molecule has 5 heteroatoms. The van der Waals surface area contributed by atoms with Crippen LogP contribution < -0.4 is 5.32 Å². The molecule has 21 heavy (non-hydrogen) atoms. The highest BCUT2D eigenvalue weighted by Gasteiger charge is 2.17. The van der Waals surface area contributed by atoms with Crippen LogP contribution >= 0.6 is 15.9 Å². The Balaban J connectivity index is 2.07. The molecule has 2 rings (SSSR count). The summed E-state index contributed by atoms with van der Waals surface area (Å²) in [6.45, 7) is -0.212. The second kappa shape index (κ2) is 7.33. The molecule has 1 atom stereocenters. The van der Waals surface area contributed by atoms with Crippen LogP contribution in [0, 0.1) is 5.82 Å². The third-order valence-corrected chi connectivity index (χ3v) is 3.55. The van der Waals surface area contributed by atoms with Gasteiger partial charge in [0.2, 0.25) is 0 Å². The van der Waals surface area contributed by atoms with Crippen molar-refractivity contribution in [1.82, 2.24) is 5.32 Å². The molecule has 110 valence electrons. The lowest BCUT2D eigenvalue weighted by atomic mass is 10.1. The second-order valence-corrected chi connectivity index (χ2v) is 5.58. The maximum Gasteiger partial charge on any atom is 0.254 e. The van der Waals surface area contributed by atoms with Crippen LogP contribution in [0.15, 0.2) is 53.0 Å². The Hall–Kier alpha value is -1.72. The van der Waals surface area contributed by atoms with Crippen molar-refractivity contribution >= 4 is 21.8 Å². The van der Waals surface area contributed by atoms with Gasteiger partial charge in [-0.05, 0) is 30.2 Å². The summed E-state index contributed by atoms with van der Waals surface area (Å²) in [6, 6.07) is 13.2. The quantitative estimate of drug-likeness (QED) is 0.869. The van der Waals surface area contributed by atoms with Crippen LogP contribution in [0.3, 0.4) is 0 Å². The Bertz CT molecular complexity index is 619. The van der Waals surface area contributed by atoms with E-state index in [0.717, 1.165) is 5.56 Å². The molecule has 2 aromatic rings. The second-order valence-electron chi connectivity index (χ2n) is 4.67. The normalized spacial score (nSPS) is 12.0. The lowest BCUT2D eigenvalue weighted by Gasteiger charge is -2.16. The van der Waals surface area contributed by atoms with Crippen LogP contribution in [0.4, 0.5) is 4.39 Å². The lowest BCUT2D eigenvalue weighted by Crippen LogP contribution is -2.39. The fourth-order valence-corrected chi connectivity index (χ4v) is 2.36. The van der Waals surface area contributed by atoms with Gasteiger partial charge in [0.05, 0.1) is 18.2 Å². The van der Waals surface area contributed by atoms with Gasteiger partial charge < -0.3 is 10.4 Å². The number of nitrogens with one attached hydrogen (secondary N) is 1. The summed E-state index contributed by atoms with van der Waals surface area (Å²) in [5.74, 6) is -1.13. The summed E-state index contributed by atoms with van der Waals surface area (Å²) in [5, 5.41) is 12.0. The number of benzene rings is 2. The molecule has 3 nitrogen and oxygen atoms in total. The number of carbonyl (C=O) groups excluding carboxylic acids is 1. The zero-order chi connectivity index (χ0) is 15.2. The van der Waals surface area contributed by atoms with Crippen molar-refractivity contribution in [2.75, 3.05) is 6.61 Å². The number of halogens is 2. The molecular formula is C16H15BrFNO2. The summed E-state index contributed by atoms with van der Waals surface area (Å²) < 4.78 is 14.3. The minimum Gasteiger partial charge on any atom is -0.394 e. The fourth-order valence-electron chi connectivity index (χ4n) is 1.99. The maximum absolute atomic E-state index is 13.7. The van der Waals surface area contributed by atoms with Gasteiger partial charge >= 0.3 is 0 Å². The van der Waals surface area contributed by atoms with Crippen molar-refractivity contribution < 1.29 is 14.3 Å². The van der Waals surface area contributed by atoms with E-state index < -0.39 is 17.8 Å². The molecule has 0 aliphatic rings. The summed E-state index contributed by atoms with van der Waals surface area (Å²) >= 11 is 3.21. The molecule has 2 aromatic carbocycles. The Labute approximate surface area is 130 Å². The highest BCUT2D eigenvalue weighted by atomic mass is 79.9. The Morgan fingerprint density at radius 1 is 1.24 bits per heavy atom. The number of rotatable bonds is 5. The number of carbonyl (C=O) groups is 1. The monoisotopic (exact) mass is 351 g/mol. The van der Waals surface area contributed by atoms with E-state index in [1.165, 1.54) is 18.2 Å². The van der Waals surface area contributed by atoms with Gasteiger partial charge in [0, 0.05) is 4.47 Å². The molecule has 0 aromatic heterocycles. The first-order valence-electron chi connectivity index (χ1n) is 6.51. The topological polar surface area (TPSA) is 49.3 Å². The van der Waals surface area contributed by atoms with Gasteiger partial charge in [0.1, 0.15) is 5.82 Å². The lowest BCUT2D eigenvalue weighted by molar-refractivity contribution is 0.0912. The van der Waals surface area contributed by atoms with Crippen molar-refractivity contribution in [3.8, 4) is 0 Å². The fraction of sp³-hybridized carbons (Fsp3) is 0.188.